The fraction of sp³-hybridized carbons (Fsp3) is 0.235. The summed E-state index contributed by atoms with van der Waals surface area (Å²) in [6.07, 6.45) is -8.40. The lowest BCUT2D eigenvalue weighted by Gasteiger charge is -2.13. The smallest absolute Gasteiger partial charge is 0.431 e. The monoisotopic (exact) mass is 418 g/mol. The molecule has 0 saturated heterocycles. The lowest BCUT2D eigenvalue weighted by molar-refractivity contribution is -0.153. The molecule has 1 aromatic carbocycles. The number of fused-ring (bicyclic) bond motifs is 1. The standard InChI is InChI=1S/C17H12F6N4O2/c18-16(19,20)7-29-12-6-25-15(14(24)28)27-11(12)4-8-1-2-10-9(3-8)5-13(26-10)17(21,22)23/h1-3,5-6,26H,4,7H2,(H2,24,28). The predicted octanol–water partition coefficient (Wildman–Crippen LogP) is 3.61. The van der Waals surface area contributed by atoms with Crippen LogP contribution in [0.4, 0.5) is 26.3 Å². The number of nitrogens with one attached hydrogen (secondary N) is 1. The van der Waals surface area contributed by atoms with Crippen LogP contribution in [-0.4, -0.2) is 33.6 Å². The number of carbonyl (C=O) groups is 1. The van der Waals surface area contributed by atoms with Crippen LogP contribution in [0.1, 0.15) is 27.6 Å². The number of primary amides is 1. The molecule has 3 aromatic rings. The van der Waals surface area contributed by atoms with Crippen LogP contribution < -0.4 is 10.5 Å². The summed E-state index contributed by atoms with van der Waals surface area (Å²) in [5.74, 6) is -1.75. The molecule has 0 fully saturated rings. The molecule has 1 amide bonds. The first-order valence-electron chi connectivity index (χ1n) is 7.96. The molecule has 29 heavy (non-hydrogen) atoms. The number of hydrogen-bond donors (Lipinski definition) is 2. The van der Waals surface area contributed by atoms with Crippen molar-refractivity contribution >= 4 is 16.8 Å². The Bertz CT molecular complexity index is 1060. The molecule has 3 N–H and O–H groups in total. The van der Waals surface area contributed by atoms with Gasteiger partial charge in [0.1, 0.15) is 5.69 Å². The number of benzene rings is 1. The highest BCUT2D eigenvalue weighted by molar-refractivity contribution is 5.88. The van der Waals surface area contributed by atoms with Crippen molar-refractivity contribution in [3.63, 3.8) is 0 Å². The highest BCUT2D eigenvalue weighted by Gasteiger charge is 2.32. The van der Waals surface area contributed by atoms with Crippen molar-refractivity contribution in [2.75, 3.05) is 6.61 Å². The van der Waals surface area contributed by atoms with Gasteiger partial charge in [0.15, 0.2) is 12.4 Å². The molecule has 154 valence electrons. The van der Waals surface area contributed by atoms with Gasteiger partial charge in [0, 0.05) is 17.3 Å². The molecule has 6 nitrogen and oxygen atoms in total. The van der Waals surface area contributed by atoms with E-state index in [4.69, 9.17) is 5.73 Å². The highest BCUT2D eigenvalue weighted by Crippen LogP contribution is 2.32. The molecule has 3 rings (SSSR count). The second-order valence-electron chi connectivity index (χ2n) is 6.05. The van der Waals surface area contributed by atoms with Crippen molar-refractivity contribution in [3.05, 3.63) is 53.2 Å². The van der Waals surface area contributed by atoms with Crippen molar-refractivity contribution in [3.8, 4) is 5.75 Å². The molecule has 12 heteroatoms. The van der Waals surface area contributed by atoms with E-state index in [1.165, 1.54) is 18.2 Å². The van der Waals surface area contributed by atoms with Gasteiger partial charge in [-0.3, -0.25) is 4.79 Å². The number of nitrogens with zero attached hydrogens (tertiary/aromatic N) is 2. The summed E-state index contributed by atoms with van der Waals surface area (Å²) in [7, 11) is 0. The number of carbonyl (C=O) groups excluding carboxylic acids is 1. The second kappa shape index (κ2) is 7.26. The average Bonchev–Trinajstić information content (AvgIpc) is 3.03. The molecule has 0 aliphatic carbocycles. The van der Waals surface area contributed by atoms with Gasteiger partial charge in [0.05, 0.1) is 11.9 Å². The number of alkyl halides is 6. The fourth-order valence-corrected chi connectivity index (χ4v) is 2.57. The van der Waals surface area contributed by atoms with Crippen molar-refractivity contribution in [2.45, 2.75) is 18.8 Å². The van der Waals surface area contributed by atoms with Crippen LogP contribution in [0.3, 0.4) is 0 Å². The third-order valence-electron chi connectivity index (χ3n) is 3.80. The van der Waals surface area contributed by atoms with Crippen LogP contribution in [0.5, 0.6) is 5.75 Å². The molecule has 0 aliphatic rings. The molecule has 0 aliphatic heterocycles. The maximum absolute atomic E-state index is 12.8. The number of hydrogen-bond acceptors (Lipinski definition) is 4. The molecule has 2 heterocycles. The summed E-state index contributed by atoms with van der Waals surface area (Å²) in [4.78, 5) is 20.9. The summed E-state index contributed by atoms with van der Waals surface area (Å²) in [5.41, 5.74) is 4.75. The quantitative estimate of drug-likeness (QED) is 0.619. The zero-order valence-corrected chi connectivity index (χ0v) is 14.4. The predicted molar refractivity (Wildman–Crippen MR) is 88.2 cm³/mol. The highest BCUT2D eigenvalue weighted by atomic mass is 19.4. The van der Waals surface area contributed by atoms with Crippen molar-refractivity contribution in [1.82, 2.24) is 15.0 Å². The lowest BCUT2D eigenvalue weighted by atomic mass is 10.1. The number of halogens is 6. The van der Waals surface area contributed by atoms with Crippen LogP contribution >= 0.6 is 0 Å². The maximum atomic E-state index is 12.8. The Kier molecular flexibility index (Phi) is 5.11. The fourth-order valence-electron chi connectivity index (χ4n) is 2.57. The molecule has 0 bridgehead atoms. The van der Waals surface area contributed by atoms with Gasteiger partial charge < -0.3 is 15.5 Å². The lowest BCUT2D eigenvalue weighted by Crippen LogP contribution is -2.21. The zero-order valence-electron chi connectivity index (χ0n) is 14.4. The van der Waals surface area contributed by atoms with Gasteiger partial charge in [-0.2, -0.15) is 26.3 Å². The number of nitrogens with two attached hydrogens (primary N) is 1. The van der Waals surface area contributed by atoms with Crippen molar-refractivity contribution < 1.29 is 35.9 Å². The van der Waals surface area contributed by atoms with Crippen molar-refractivity contribution in [2.24, 2.45) is 5.73 Å². The Labute approximate surface area is 158 Å². The van der Waals surface area contributed by atoms with Gasteiger partial charge in [-0.25, -0.2) is 9.97 Å². The molecule has 0 atom stereocenters. The van der Waals surface area contributed by atoms with Gasteiger partial charge >= 0.3 is 12.4 Å². The normalized spacial score (nSPS) is 12.3. The van der Waals surface area contributed by atoms with E-state index in [0.29, 0.717) is 5.56 Å². The number of aromatic nitrogens is 3. The van der Waals surface area contributed by atoms with E-state index >= 15 is 0 Å². The SMILES string of the molecule is NC(=O)c1ncc(OCC(F)(F)F)c(Cc2ccc3[nH]c(C(F)(F)F)cc3c2)n1. The van der Waals surface area contributed by atoms with E-state index in [1.807, 2.05) is 0 Å². The molecule has 2 aromatic heterocycles. The number of ether oxygens (including phenoxy) is 1. The van der Waals surface area contributed by atoms with E-state index in [1.54, 1.807) is 0 Å². The van der Waals surface area contributed by atoms with E-state index < -0.39 is 36.4 Å². The van der Waals surface area contributed by atoms with Gasteiger partial charge in [-0.15, -0.1) is 0 Å². The van der Waals surface area contributed by atoms with Gasteiger partial charge in [-0.1, -0.05) is 6.07 Å². The first kappa shape index (κ1) is 20.4. The Morgan fingerprint density at radius 1 is 1.14 bits per heavy atom. The average molecular weight is 418 g/mol. The first-order chi connectivity index (χ1) is 13.4. The minimum absolute atomic E-state index is 0.0658. The number of aromatic amines is 1. The van der Waals surface area contributed by atoms with E-state index in [2.05, 4.69) is 19.7 Å². The minimum atomic E-state index is -4.61. The Balaban J connectivity index is 1.94. The summed E-state index contributed by atoms with van der Waals surface area (Å²) in [5, 5.41) is 0.247. The summed E-state index contributed by atoms with van der Waals surface area (Å²) < 4.78 is 80.5. The maximum Gasteiger partial charge on any atom is 0.431 e. The van der Waals surface area contributed by atoms with Crippen LogP contribution in [0.2, 0.25) is 0 Å². The van der Waals surface area contributed by atoms with Gasteiger partial charge in [-0.05, 0) is 23.8 Å². The molecule has 0 unspecified atom stereocenters. The summed E-state index contributed by atoms with van der Waals surface area (Å²) in [6.45, 7) is -1.61. The van der Waals surface area contributed by atoms with E-state index in [-0.39, 0.29) is 28.8 Å². The third-order valence-corrected chi connectivity index (χ3v) is 3.80. The molecule has 0 radical (unpaired) electrons. The molecule has 0 spiro atoms. The number of amides is 1. The van der Waals surface area contributed by atoms with E-state index in [0.717, 1.165) is 12.3 Å². The Morgan fingerprint density at radius 3 is 2.48 bits per heavy atom. The largest absolute Gasteiger partial charge is 0.481 e. The minimum Gasteiger partial charge on any atom is -0.481 e. The Morgan fingerprint density at radius 2 is 1.86 bits per heavy atom. The van der Waals surface area contributed by atoms with Gasteiger partial charge in [0.2, 0.25) is 5.82 Å². The number of rotatable bonds is 5. The van der Waals surface area contributed by atoms with Crippen LogP contribution in [0.25, 0.3) is 10.9 Å². The molecular formula is C17H12F6N4O2. The van der Waals surface area contributed by atoms with E-state index in [9.17, 15) is 31.1 Å². The van der Waals surface area contributed by atoms with Crippen molar-refractivity contribution in [1.29, 1.82) is 0 Å². The zero-order chi connectivity index (χ0) is 21.4. The van der Waals surface area contributed by atoms with Crippen LogP contribution in [0, 0.1) is 0 Å². The summed E-state index contributed by atoms with van der Waals surface area (Å²) >= 11 is 0. The Hall–Kier alpha value is -3.31. The third kappa shape index (κ3) is 4.95. The van der Waals surface area contributed by atoms with Gasteiger partial charge in [0.25, 0.3) is 5.91 Å². The summed E-state index contributed by atoms with van der Waals surface area (Å²) in [6, 6.07) is 5.19. The topological polar surface area (TPSA) is 93.9 Å². The first-order valence-corrected chi connectivity index (χ1v) is 7.96. The number of H-pyrrole nitrogens is 1. The second-order valence-corrected chi connectivity index (χ2v) is 6.05. The van der Waals surface area contributed by atoms with Crippen LogP contribution in [-0.2, 0) is 12.6 Å². The molecular weight excluding hydrogens is 406 g/mol. The van der Waals surface area contributed by atoms with Crippen LogP contribution in [0.15, 0.2) is 30.5 Å². The molecule has 0 saturated carbocycles.